The number of anilines is 1. The van der Waals surface area contributed by atoms with Gasteiger partial charge in [-0.3, -0.25) is 0 Å². The molecule has 1 rings (SSSR count). The van der Waals surface area contributed by atoms with Gasteiger partial charge in [0.1, 0.15) is 10.3 Å². The van der Waals surface area contributed by atoms with Crippen molar-refractivity contribution in [3.63, 3.8) is 0 Å². The summed E-state index contributed by atoms with van der Waals surface area (Å²) in [6.45, 7) is 0. The van der Waals surface area contributed by atoms with Crippen molar-refractivity contribution in [2.24, 2.45) is 0 Å². The first-order chi connectivity index (χ1) is 5.15. The van der Waals surface area contributed by atoms with Crippen molar-refractivity contribution in [3.05, 3.63) is 15.1 Å². The van der Waals surface area contributed by atoms with Gasteiger partial charge in [0.15, 0.2) is 0 Å². The number of ether oxygens (including phenoxy) is 1. The summed E-state index contributed by atoms with van der Waals surface area (Å²) < 4.78 is 6.38. The average molecular weight is 282 g/mol. The molecule has 0 aliphatic rings. The normalized spacial score (nSPS) is 9.73. The molecule has 0 aromatic carbocycles. The van der Waals surface area contributed by atoms with E-state index < -0.39 is 0 Å². The fourth-order valence-electron chi connectivity index (χ4n) is 0.630. The minimum atomic E-state index is 0.422. The lowest BCUT2D eigenvalue weighted by atomic mass is 10.4. The Kier molecular flexibility index (Phi) is 2.72. The van der Waals surface area contributed by atoms with E-state index in [4.69, 9.17) is 10.5 Å². The van der Waals surface area contributed by atoms with Gasteiger partial charge in [-0.05, 0) is 37.9 Å². The van der Waals surface area contributed by atoms with Gasteiger partial charge in [0, 0.05) is 4.47 Å². The summed E-state index contributed by atoms with van der Waals surface area (Å²) in [5, 5.41) is 0. The lowest BCUT2D eigenvalue weighted by molar-refractivity contribution is 0.399. The first kappa shape index (κ1) is 8.80. The number of nitrogen functional groups attached to an aromatic ring is 1. The molecule has 0 atom stereocenters. The van der Waals surface area contributed by atoms with Gasteiger partial charge in [-0.1, -0.05) is 0 Å². The lowest BCUT2D eigenvalue weighted by Gasteiger charge is -2.04. The summed E-state index contributed by atoms with van der Waals surface area (Å²) in [6, 6.07) is 1.76. The first-order valence-corrected chi connectivity index (χ1v) is 4.39. The van der Waals surface area contributed by atoms with Gasteiger partial charge in [0.05, 0.1) is 7.11 Å². The van der Waals surface area contributed by atoms with Crippen LogP contribution in [0.5, 0.6) is 5.88 Å². The molecule has 0 spiro atoms. The smallest absolute Gasteiger partial charge is 0.239 e. The van der Waals surface area contributed by atoms with Crippen LogP contribution in [0.25, 0.3) is 0 Å². The molecule has 1 aromatic rings. The Morgan fingerprint density at radius 2 is 2.18 bits per heavy atom. The Hall–Kier alpha value is -0.290. The third-order valence-corrected chi connectivity index (χ3v) is 2.20. The largest absolute Gasteiger partial charge is 0.479 e. The molecule has 0 aliphatic carbocycles. The van der Waals surface area contributed by atoms with Gasteiger partial charge in [0.25, 0.3) is 0 Å². The minimum absolute atomic E-state index is 0.422. The molecule has 0 bridgehead atoms. The number of halogens is 2. The molecule has 1 aromatic heterocycles. The van der Waals surface area contributed by atoms with Crippen molar-refractivity contribution >= 4 is 37.5 Å². The molecule has 0 fully saturated rings. The van der Waals surface area contributed by atoms with Crippen LogP contribution in [0.3, 0.4) is 0 Å². The fourth-order valence-corrected chi connectivity index (χ4v) is 1.71. The van der Waals surface area contributed by atoms with E-state index in [9.17, 15) is 0 Å². The molecule has 11 heavy (non-hydrogen) atoms. The summed E-state index contributed by atoms with van der Waals surface area (Å²) in [5.41, 5.74) is 6.12. The number of hydrogen-bond acceptors (Lipinski definition) is 3. The molecular formula is C6H6Br2N2O. The van der Waals surface area contributed by atoms with E-state index in [1.165, 1.54) is 7.11 Å². The van der Waals surface area contributed by atoms with Crippen LogP contribution in [0, 0.1) is 0 Å². The quantitative estimate of drug-likeness (QED) is 0.803. The van der Waals surface area contributed by atoms with Crippen LogP contribution in [0.2, 0.25) is 0 Å². The molecule has 0 saturated carbocycles. The molecule has 2 N–H and O–H groups in total. The Morgan fingerprint density at radius 3 is 2.73 bits per heavy atom. The SMILES string of the molecule is COc1nc(Br)cc(Br)c1N. The number of nitrogens with zero attached hydrogens (tertiary/aromatic N) is 1. The Balaban J connectivity index is 3.24. The van der Waals surface area contributed by atoms with E-state index in [2.05, 4.69) is 36.8 Å². The summed E-state index contributed by atoms with van der Waals surface area (Å²) in [4.78, 5) is 3.99. The highest BCUT2D eigenvalue weighted by Gasteiger charge is 2.05. The van der Waals surface area contributed by atoms with Crippen molar-refractivity contribution in [3.8, 4) is 5.88 Å². The molecule has 1 heterocycles. The van der Waals surface area contributed by atoms with Gasteiger partial charge in [0.2, 0.25) is 5.88 Å². The molecule has 0 aliphatic heterocycles. The van der Waals surface area contributed by atoms with E-state index in [0.29, 0.717) is 16.2 Å². The highest BCUT2D eigenvalue weighted by molar-refractivity contribution is 9.11. The molecule has 60 valence electrons. The Morgan fingerprint density at radius 1 is 1.55 bits per heavy atom. The van der Waals surface area contributed by atoms with Crippen molar-refractivity contribution < 1.29 is 4.74 Å². The molecule has 5 heteroatoms. The van der Waals surface area contributed by atoms with E-state index in [1.807, 2.05) is 0 Å². The van der Waals surface area contributed by atoms with Gasteiger partial charge < -0.3 is 10.5 Å². The maximum atomic E-state index is 5.61. The number of aromatic nitrogens is 1. The van der Waals surface area contributed by atoms with Gasteiger partial charge in [-0.25, -0.2) is 4.98 Å². The highest BCUT2D eigenvalue weighted by atomic mass is 79.9. The predicted octanol–water partition coefficient (Wildman–Crippen LogP) is 2.20. The minimum Gasteiger partial charge on any atom is -0.479 e. The number of nitrogens with two attached hydrogens (primary N) is 1. The third-order valence-electron chi connectivity index (χ3n) is 1.14. The molecule has 3 nitrogen and oxygen atoms in total. The van der Waals surface area contributed by atoms with Gasteiger partial charge in [-0.15, -0.1) is 0 Å². The van der Waals surface area contributed by atoms with Crippen LogP contribution in [-0.2, 0) is 0 Å². The second-order valence-corrected chi connectivity index (χ2v) is 3.52. The number of methoxy groups -OCH3 is 1. The number of hydrogen-bond donors (Lipinski definition) is 1. The monoisotopic (exact) mass is 280 g/mol. The van der Waals surface area contributed by atoms with Gasteiger partial charge >= 0.3 is 0 Å². The van der Waals surface area contributed by atoms with Crippen LogP contribution in [0.1, 0.15) is 0 Å². The maximum Gasteiger partial charge on any atom is 0.239 e. The zero-order valence-electron chi connectivity index (χ0n) is 5.77. The van der Waals surface area contributed by atoms with Crippen molar-refractivity contribution in [2.45, 2.75) is 0 Å². The van der Waals surface area contributed by atoms with Crippen molar-refractivity contribution in [1.82, 2.24) is 4.98 Å². The second-order valence-electron chi connectivity index (χ2n) is 1.85. The van der Waals surface area contributed by atoms with Crippen LogP contribution in [0.4, 0.5) is 5.69 Å². The topological polar surface area (TPSA) is 48.1 Å². The molecule has 0 unspecified atom stereocenters. The molecule has 0 saturated heterocycles. The molecule has 0 amide bonds. The Labute approximate surface area is 81.2 Å². The fraction of sp³-hybridized carbons (Fsp3) is 0.167. The third kappa shape index (κ3) is 1.84. The highest BCUT2D eigenvalue weighted by Crippen LogP contribution is 2.29. The van der Waals surface area contributed by atoms with Crippen molar-refractivity contribution in [2.75, 3.05) is 12.8 Å². The van der Waals surface area contributed by atoms with Crippen LogP contribution < -0.4 is 10.5 Å². The standard InChI is InChI=1S/C6H6Br2N2O/c1-11-6-5(9)3(7)2-4(8)10-6/h2H,9H2,1H3. The Bertz CT molecular complexity index is 278. The second kappa shape index (κ2) is 3.40. The van der Waals surface area contributed by atoms with Crippen LogP contribution in [-0.4, -0.2) is 12.1 Å². The van der Waals surface area contributed by atoms with E-state index in [-0.39, 0.29) is 0 Å². The summed E-state index contributed by atoms with van der Waals surface area (Å²) in [6.07, 6.45) is 0. The van der Waals surface area contributed by atoms with E-state index >= 15 is 0 Å². The number of rotatable bonds is 1. The summed E-state index contributed by atoms with van der Waals surface area (Å²) in [7, 11) is 1.53. The van der Waals surface area contributed by atoms with Crippen LogP contribution in [0.15, 0.2) is 15.1 Å². The maximum absolute atomic E-state index is 5.61. The number of pyridine rings is 1. The molecule has 0 radical (unpaired) electrons. The van der Waals surface area contributed by atoms with Gasteiger partial charge in [-0.2, -0.15) is 0 Å². The van der Waals surface area contributed by atoms with E-state index in [0.717, 1.165) is 4.47 Å². The predicted molar refractivity (Wildman–Crippen MR) is 50.6 cm³/mol. The summed E-state index contributed by atoms with van der Waals surface area (Å²) in [5.74, 6) is 0.422. The zero-order chi connectivity index (χ0) is 8.43. The molecular weight excluding hydrogens is 276 g/mol. The summed E-state index contributed by atoms with van der Waals surface area (Å²) >= 11 is 6.47. The van der Waals surface area contributed by atoms with Crippen LogP contribution >= 0.6 is 31.9 Å². The first-order valence-electron chi connectivity index (χ1n) is 2.80. The lowest BCUT2D eigenvalue weighted by Crippen LogP contribution is -1.96. The van der Waals surface area contributed by atoms with E-state index in [1.54, 1.807) is 6.07 Å². The average Bonchev–Trinajstić information content (AvgIpc) is 1.96. The van der Waals surface area contributed by atoms with Crippen molar-refractivity contribution in [1.29, 1.82) is 0 Å². The zero-order valence-corrected chi connectivity index (χ0v) is 8.94.